The Morgan fingerprint density at radius 2 is 1.78 bits per heavy atom. The first-order valence-electron chi connectivity index (χ1n) is 7.99. The average Bonchev–Trinajstić information content (AvgIpc) is 2.67. The second-order valence-corrected chi connectivity index (χ2v) is 6.22. The first-order chi connectivity index (χ1) is 12.9. The largest absolute Gasteiger partial charge is 0.496 e. The van der Waals surface area contributed by atoms with Crippen molar-refractivity contribution in [1.29, 1.82) is 0 Å². The van der Waals surface area contributed by atoms with Crippen molar-refractivity contribution in [2.45, 2.75) is 0 Å². The Bertz CT molecular complexity index is 1050. The van der Waals surface area contributed by atoms with E-state index < -0.39 is 17.5 Å². The third-order valence-corrected chi connectivity index (χ3v) is 4.34. The van der Waals surface area contributed by atoms with E-state index in [1.165, 1.54) is 31.4 Å². The van der Waals surface area contributed by atoms with Crippen LogP contribution in [0.5, 0.6) is 5.75 Å². The molecule has 0 fully saturated rings. The van der Waals surface area contributed by atoms with Crippen LogP contribution >= 0.6 is 11.6 Å². The highest BCUT2D eigenvalue weighted by Gasteiger charge is 2.22. The van der Waals surface area contributed by atoms with Crippen molar-refractivity contribution in [3.05, 3.63) is 88.2 Å². The molecule has 0 aromatic heterocycles. The standard InChI is InChI=1S/C21H15ClFNO3/c1-27-18-7-3-6-17(23)19(18)20(25)16-11-14(22)8-9-15(16)12-4-2-5-13(10-12)21(24)26/h2-11H,1H3,(H2,24,26). The molecule has 0 aliphatic heterocycles. The number of halogens is 2. The van der Waals surface area contributed by atoms with E-state index in [2.05, 4.69) is 0 Å². The molecule has 4 nitrogen and oxygen atoms in total. The molecule has 0 atom stereocenters. The van der Waals surface area contributed by atoms with Gasteiger partial charge in [-0.15, -0.1) is 0 Å². The lowest BCUT2D eigenvalue weighted by atomic mass is 9.92. The number of hydrogen-bond acceptors (Lipinski definition) is 3. The Morgan fingerprint density at radius 3 is 2.48 bits per heavy atom. The van der Waals surface area contributed by atoms with Gasteiger partial charge in [-0.25, -0.2) is 4.39 Å². The summed E-state index contributed by atoms with van der Waals surface area (Å²) < 4.78 is 19.5. The van der Waals surface area contributed by atoms with Gasteiger partial charge in [-0.3, -0.25) is 9.59 Å². The van der Waals surface area contributed by atoms with Crippen molar-refractivity contribution >= 4 is 23.3 Å². The summed E-state index contributed by atoms with van der Waals surface area (Å²) in [6.07, 6.45) is 0. The lowest BCUT2D eigenvalue weighted by Crippen LogP contribution is -2.11. The molecule has 0 saturated carbocycles. The third-order valence-electron chi connectivity index (χ3n) is 4.11. The summed E-state index contributed by atoms with van der Waals surface area (Å²) in [5, 5.41) is 0.323. The summed E-state index contributed by atoms with van der Waals surface area (Å²) in [4.78, 5) is 24.6. The second kappa shape index (κ2) is 7.60. The Balaban J connectivity index is 2.21. The normalized spacial score (nSPS) is 10.5. The van der Waals surface area contributed by atoms with Crippen LogP contribution in [0, 0.1) is 5.82 Å². The lowest BCUT2D eigenvalue weighted by molar-refractivity contribution is 0.0998. The minimum absolute atomic E-state index is 0.122. The van der Waals surface area contributed by atoms with Gasteiger partial charge >= 0.3 is 0 Å². The molecule has 6 heteroatoms. The number of ether oxygens (including phenoxy) is 1. The van der Waals surface area contributed by atoms with Gasteiger partial charge in [-0.05, 0) is 47.5 Å². The smallest absolute Gasteiger partial charge is 0.248 e. The highest BCUT2D eigenvalue weighted by atomic mass is 35.5. The molecule has 27 heavy (non-hydrogen) atoms. The van der Waals surface area contributed by atoms with Gasteiger partial charge in [0, 0.05) is 16.1 Å². The molecular formula is C21H15ClFNO3. The molecule has 0 radical (unpaired) electrons. The highest BCUT2D eigenvalue weighted by molar-refractivity contribution is 6.31. The number of benzene rings is 3. The molecule has 0 bridgehead atoms. The lowest BCUT2D eigenvalue weighted by Gasteiger charge is -2.13. The molecule has 3 rings (SSSR count). The predicted octanol–water partition coefficient (Wildman–Crippen LogP) is 4.48. The van der Waals surface area contributed by atoms with Gasteiger partial charge in [0.2, 0.25) is 5.91 Å². The molecule has 1 amide bonds. The highest BCUT2D eigenvalue weighted by Crippen LogP contribution is 2.32. The van der Waals surface area contributed by atoms with Crippen LogP contribution in [0.25, 0.3) is 11.1 Å². The van der Waals surface area contributed by atoms with Crippen LogP contribution in [0.4, 0.5) is 4.39 Å². The number of nitrogens with two attached hydrogens (primary N) is 1. The van der Waals surface area contributed by atoms with E-state index in [-0.39, 0.29) is 16.9 Å². The number of carbonyl (C=O) groups is 2. The Kier molecular flexibility index (Phi) is 5.23. The fourth-order valence-corrected chi connectivity index (χ4v) is 3.00. The van der Waals surface area contributed by atoms with Gasteiger partial charge in [0.15, 0.2) is 5.78 Å². The topological polar surface area (TPSA) is 69.4 Å². The van der Waals surface area contributed by atoms with Gasteiger partial charge in [0.05, 0.1) is 7.11 Å². The number of amides is 1. The van der Waals surface area contributed by atoms with Crippen LogP contribution in [0.3, 0.4) is 0 Å². The molecule has 0 saturated heterocycles. The molecular weight excluding hydrogens is 369 g/mol. The maximum absolute atomic E-state index is 14.4. The van der Waals surface area contributed by atoms with Crippen LogP contribution in [-0.2, 0) is 0 Å². The second-order valence-electron chi connectivity index (χ2n) is 5.78. The zero-order chi connectivity index (χ0) is 19.6. The first kappa shape index (κ1) is 18.6. The number of hydrogen-bond donors (Lipinski definition) is 1. The molecule has 0 aliphatic carbocycles. The molecule has 0 spiro atoms. The van der Waals surface area contributed by atoms with Crippen molar-refractivity contribution in [3.63, 3.8) is 0 Å². The quantitative estimate of drug-likeness (QED) is 0.660. The maximum atomic E-state index is 14.4. The van der Waals surface area contributed by atoms with Gasteiger partial charge in [0.25, 0.3) is 0 Å². The molecule has 3 aromatic carbocycles. The molecule has 2 N–H and O–H groups in total. The predicted molar refractivity (Wildman–Crippen MR) is 102 cm³/mol. The number of ketones is 1. The summed E-state index contributed by atoms with van der Waals surface area (Å²) in [7, 11) is 1.36. The monoisotopic (exact) mass is 383 g/mol. The third kappa shape index (κ3) is 3.68. The van der Waals surface area contributed by atoms with E-state index in [0.717, 1.165) is 0 Å². The number of methoxy groups -OCH3 is 1. The molecule has 0 unspecified atom stereocenters. The van der Waals surface area contributed by atoms with Crippen molar-refractivity contribution in [2.75, 3.05) is 7.11 Å². The summed E-state index contributed by atoms with van der Waals surface area (Å²) in [5.74, 6) is -1.74. The zero-order valence-electron chi connectivity index (χ0n) is 14.3. The first-order valence-corrected chi connectivity index (χ1v) is 8.37. The van der Waals surface area contributed by atoms with Gasteiger partial charge in [-0.1, -0.05) is 35.9 Å². The Hall–Kier alpha value is -3.18. The van der Waals surface area contributed by atoms with E-state index in [1.54, 1.807) is 36.4 Å². The zero-order valence-corrected chi connectivity index (χ0v) is 15.1. The van der Waals surface area contributed by atoms with Crippen LogP contribution in [0.1, 0.15) is 26.3 Å². The SMILES string of the molecule is COc1cccc(F)c1C(=O)c1cc(Cl)ccc1-c1cccc(C(N)=O)c1. The fourth-order valence-electron chi connectivity index (χ4n) is 2.83. The Labute approximate surface area is 160 Å². The number of carbonyl (C=O) groups excluding carboxylic acids is 2. The van der Waals surface area contributed by atoms with E-state index >= 15 is 0 Å². The molecule has 0 heterocycles. The molecule has 3 aromatic rings. The number of rotatable bonds is 5. The molecule has 0 aliphatic rings. The van der Waals surface area contributed by atoms with Crippen molar-refractivity contribution in [3.8, 4) is 16.9 Å². The minimum Gasteiger partial charge on any atom is -0.496 e. The molecule has 136 valence electrons. The summed E-state index contributed by atoms with van der Waals surface area (Å²) in [6, 6.07) is 15.4. The van der Waals surface area contributed by atoms with E-state index in [4.69, 9.17) is 22.1 Å². The summed E-state index contributed by atoms with van der Waals surface area (Å²) >= 11 is 6.08. The fraction of sp³-hybridized carbons (Fsp3) is 0.0476. The number of primary amides is 1. The van der Waals surface area contributed by atoms with E-state index in [1.807, 2.05) is 0 Å². The minimum atomic E-state index is -0.698. The van der Waals surface area contributed by atoms with Crippen LogP contribution < -0.4 is 10.5 Å². The van der Waals surface area contributed by atoms with Crippen molar-refractivity contribution < 1.29 is 18.7 Å². The van der Waals surface area contributed by atoms with Crippen molar-refractivity contribution in [1.82, 2.24) is 0 Å². The van der Waals surface area contributed by atoms with Crippen LogP contribution in [0.2, 0.25) is 5.02 Å². The van der Waals surface area contributed by atoms with E-state index in [0.29, 0.717) is 21.7 Å². The van der Waals surface area contributed by atoms with Crippen LogP contribution in [-0.4, -0.2) is 18.8 Å². The van der Waals surface area contributed by atoms with Gasteiger partial charge in [0.1, 0.15) is 17.1 Å². The van der Waals surface area contributed by atoms with Gasteiger partial charge in [-0.2, -0.15) is 0 Å². The average molecular weight is 384 g/mol. The maximum Gasteiger partial charge on any atom is 0.248 e. The van der Waals surface area contributed by atoms with E-state index in [9.17, 15) is 14.0 Å². The van der Waals surface area contributed by atoms with Gasteiger partial charge < -0.3 is 10.5 Å². The summed E-state index contributed by atoms with van der Waals surface area (Å²) in [6.45, 7) is 0. The summed E-state index contributed by atoms with van der Waals surface area (Å²) in [5.41, 5.74) is 6.72. The Morgan fingerprint density at radius 1 is 1.04 bits per heavy atom. The van der Waals surface area contributed by atoms with Crippen LogP contribution in [0.15, 0.2) is 60.7 Å². The van der Waals surface area contributed by atoms with Crippen molar-refractivity contribution in [2.24, 2.45) is 5.73 Å².